The maximum Gasteiger partial charge on any atom is 0.490 e. The molecular formula is C33H41Cl2F3N4O3S. The van der Waals surface area contributed by atoms with Gasteiger partial charge in [-0.15, -0.1) is 11.3 Å². The predicted octanol–water partition coefficient (Wildman–Crippen LogP) is 8.54. The highest BCUT2D eigenvalue weighted by Gasteiger charge is 2.38. The zero-order chi connectivity index (χ0) is 33.1. The van der Waals surface area contributed by atoms with Crippen LogP contribution >= 0.6 is 34.5 Å². The number of carboxylic acids is 1. The van der Waals surface area contributed by atoms with E-state index in [1.807, 2.05) is 12.1 Å². The lowest BCUT2D eigenvalue weighted by Crippen LogP contribution is -2.42. The van der Waals surface area contributed by atoms with Gasteiger partial charge < -0.3 is 20.1 Å². The van der Waals surface area contributed by atoms with Crippen molar-refractivity contribution in [3.05, 3.63) is 63.5 Å². The maximum atomic E-state index is 10.6. The Morgan fingerprint density at radius 3 is 2.41 bits per heavy atom. The number of anilines is 1. The first kappa shape index (κ1) is 36.3. The molecule has 1 unspecified atom stereocenters. The standard InChI is InChI=1S/C31H40Cl2N4OS.C2HF3O2/c1-23-6-2-4-16-37(23)31-35-30(22-39-31)25-8-10-27(11-9-25)38-19-5-3-15-34-26-13-17-36(18-14-26)21-24-7-12-28(32)29(33)20-24;3-2(4,5)1(6)7/h7-12,20,22-23,26,34H,2-6,13-19,21H2,1H3;(H,6,7). The maximum absolute atomic E-state index is 10.6. The molecule has 5 rings (SSSR count). The minimum absolute atomic E-state index is 0.586. The van der Waals surface area contributed by atoms with E-state index < -0.39 is 12.1 Å². The Morgan fingerprint density at radius 1 is 1.04 bits per heavy atom. The number of nitrogens with one attached hydrogen (secondary N) is 1. The molecular weight excluding hydrogens is 660 g/mol. The molecule has 2 aliphatic rings. The van der Waals surface area contributed by atoms with Gasteiger partial charge in [0.25, 0.3) is 0 Å². The van der Waals surface area contributed by atoms with Crippen molar-refractivity contribution in [2.24, 2.45) is 0 Å². The molecule has 2 aliphatic heterocycles. The Hall–Kier alpha value is -2.57. The summed E-state index contributed by atoms with van der Waals surface area (Å²) in [6, 6.07) is 15.5. The van der Waals surface area contributed by atoms with Gasteiger partial charge in [0.05, 0.1) is 22.3 Å². The first-order valence-corrected chi connectivity index (χ1v) is 17.3. The van der Waals surface area contributed by atoms with Gasteiger partial charge in [0.2, 0.25) is 0 Å². The summed E-state index contributed by atoms with van der Waals surface area (Å²) in [6.45, 7) is 8.38. The van der Waals surface area contributed by atoms with Crippen molar-refractivity contribution in [3.8, 4) is 17.0 Å². The van der Waals surface area contributed by atoms with Crippen LogP contribution in [0.5, 0.6) is 5.75 Å². The molecule has 252 valence electrons. The van der Waals surface area contributed by atoms with Crippen molar-refractivity contribution in [2.75, 3.05) is 37.7 Å². The average molecular weight is 702 g/mol. The molecule has 7 nitrogen and oxygen atoms in total. The van der Waals surface area contributed by atoms with Crippen LogP contribution in [0.3, 0.4) is 0 Å². The number of carboxylic acid groups (broad SMARTS) is 1. The highest BCUT2D eigenvalue weighted by molar-refractivity contribution is 7.14. The van der Waals surface area contributed by atoms with E-state index in [0.717, 1.165) is 74.3 Å². The summed E-state index contributed by atoms with van der Waals surface area (Å²) < 4.78 is 37.7. The number of rotatable bonds is 11. The zero-order valence-electron chi connectivity index (χ0n) is 25.9. The number of alkyl halides is 3. The Balaban J connectivity index is 0.000000617. The molecule has 0 aliphatic carbocycles. The van der Waals surface area contributed by atoms with Crippen LogP contribution in [0, 0.1) is 0 Å². The van der Waals surface area contributed by atoms with Crippen molar-refractivity contribution in [3.63, 3.8) is 0 Å². The van der Waals surface area contributed by atoms with Gasteiger partial charge in [0.15, 0.2) is 5.13 Å². The number of halogens is 5. The van der Waals surface area contributed by atoms with E-state index in [2.05, 4.69) is 57.8 Å². The number of likely N-dealkylation sites (tertiary alicyclic amines) is 1. The number of aromatic nitrogens is 1. The van der Waals surface area contributed by atoms with E-state index in [9.17, 15) is 13.2 Å². The third-order valence-corrected chi connectivity index (χ3v) is 9.80. The van der Waals surface area contributed by atoms with Crippen molar-refractivity contribution in [1.29, 1.82) is 0 Å². The molecule has 1 atom stereocenters. The number of hydrogen-bond donors (Lipinski definition) is 2. The van der Waals surface area contributed by atoms with Crippen LogP contribution in [0.25, 0.3) is 11.3 Å². The lowest BCUT2D eigenvalue weighted by molar-refractivity contribution is -0.192. The molecule has 1 aromatic heterocycles. The number of benzene rings is 2. The average Bonchev–Trinajstić information content (AvgIpc) is 3.52. The van der Waals surface area contributed by atoms with E-state index in [4.69, 9.17) is 42.8 Å². The van der Waals surface area contributed by atoms with E-state index >= 15 is 0 Å². The van der Waals surface area contributed by atoms with Crippen molar-refractivity contribution < 1.29 is 27.8 Å². The van der Waals surface area contributed by atoms with E-state index in [1.165, 1.54) is 37.7 Å². The number of carbonyl (C=O) groups is 1. The minimum atomic E-state index is -5.08. The van der Waals surface area contributed by atoms with Crippen LogP contribution < -0.4 is 15.0 Å². The van der Waals surface area contributed by atoms with Crippen molar-refractivity contribution in [2.45, 2.75) is 76.7 Å². The monoisotopic (exact) mass is 700 g/mol. The summed E-state index contributed by atoms with van der Waals surface area (Å²) in [5, 5.41) is 15.5. The van der Waals surface area contributed by atoms with Gasteiger partial charge in [-0.05, 0) is 113 Å². The van der Waals surface area contributed by atoms with Gasteiger partial charge in [-0.3, -0.25) is 4.90 Å². The van der Waals surface area contributed by atoms with E-state index in [0.29, 0.717) is 22.1 Å². The van der Waals surface area contributed by atoms with E-state index in [-0.39, 0.29) is 0 Å². The Labute approximate surface area is 282 Å². The normalized spacial score (nSPS) is 17.8. The minimum Gasteiger partial charge on any atom is -0.494 e. The summed E-state index contributed by atoms with van der Waals surface area (Å²) in [5.74, 6) is -1.83. The number of nitrogens with zero attached hydrogens (tertiary/aromatic N) is 3. The molecule has 0 amide bonds. The number of hydrogen-bond acceptors (Lipinski definition) is 7. The molecule has 0 saturated carbocycles. The highest BCUT2D eigenvalue weighted by Crippen LogP contribution is 2.32. The molecule has 2 N–H and O–H groups in total. The zero-order valence-corrected chi connectivity index (χ0v) is 28.2. The number of aliphatic carboxylic acids is 1. The fraction of sp³-hybridized carbons (Fsp3) is 0.515. The molecule has 2 saturated heterocycles. The first-order chi connectivity index (χ1) is 22.0. The quantitative estimate of drug-likeness (QED) is 0.194. The second-order valence-corrected chi connectivity index (χ2v) is 13.3. The van der Waals surface area contributed by atoms with Crippen LogP contribution in [-0.2, 0) is 11.3 Å². The molecule has 2 aromatic carbocycles. The second-order valence-electron chi connectivity index (χ2n) is 11.7. The third-order valence-electron chi connectivity index (χ3n) is 8.18. The fourth-order valence-corrected chi connectivity index (χ4v) is 6.83. The SMILES string of the molecule is CC1CCCCN1c1nc(-c2ccc(OCCCCNC3CCN(Cc4ccc(Cl)c(Cl)c4)CC3)cc2)cs1.O=C(O)C(F)(F)F. The molecule has 0 radical (unpaired) electrons. The summed E-state index contributed by atoms with van der Waals surface area (Å²) >= 11 is 14.0. The van der Waals surface area contributed by atoms with Crippen LogP contribution in [0.1, 0.15) is 57.4 Å². The number of piperidine rings is 2. The molecule has 46 heavy (non-hydrogen) atoms. The first-order valence-electron chi connectivity index (χ1n) is 15.6. The Kier molecular flexibility index (Phi) is 13.8. The molecule has 0 bridgehead atoms. The van der Waals surface area contributed by atoms with Gasteiger partial charge in [-0.25, -0.2) is 9.78 Å². The lowest BCUT2D eigenvalue weighted by atomic mass is 10.0. The van der Waals surface area contributed by atoms with Gasteiger partial charge in [0, 0.05) is 36.1 Å². The highest BCUT2D eigenvalue weighted by atomic mass is 35.5. The second kappa shape index (κ2) is 17.5. The molecule has 13 heteroatoms. The van der Waals surface area contributed by atoms with Gasteiger partial charge in [-0.2, -0.15) is 13.2 Å². The number of thiazole rings is 1. The Morgan fingerprint density at radius 2 is 1.76 bits per heavy atom. The summed E-state index contributed by atoms with van der Waals surface area (Å²) in [4.78, 5) is 18.8. The molecule has 3 aromatic rings. The number of ether oxygens (including phenoxy) is 1. The van der Waals surface area contributed by atoms with Gasteiger partial charge in [-0.1, -0.05) is 29.3 Å². The van der Waals surface area contributed by atoms with Crippen LogP contribution in [0.15, 0.2) is 47.8 Å². The van der Waals surface area contributed by atoms with Crippen molar-refractivity contribution >= 4 is 45.6 Å². The topological polar surface area (TPSA) is 77.9 Å². The van der Waals surface area contributed by atoms with Crippen LogP contribution in [-0.4, -0.2) is 72.0 Å². The molecule has 2 fully saturated rings. The van der Waals surface area contributed by atoms with Gasteiger partial charge >= 0.3 is 12.1 Å². The Bertz CT molecular complexity index is 1390. The summed E-state index contributed by atoms with van der Waals surface area (Å²) in [5.41, 5.74) is 3.44. The fourth-order valence-electron chi connectivity index (χ4n) is 5.55. The van der Waals surface area contributed by atoms with Crippen LogP contribution in [0.2, 0.25) is 10.0 Å². The van der Waals surface area contributed by atoms with Crippen LogP contribution in [0.4, 0.5) is 18.3 Å². The molecule has 3 heterocycles. The smallest absolute Gasteiger partial charge is 0.490 e. The van der Waals surface area contributed by atoms with E-state index in [1.54, 1.807) is 11.3 Å². The molecule has 0 spiro atoms. The summed E-state index contributed by atoms with van der Waals surface area (Å²) in [6.07, 6.45) is 3.31. The largest absolute Gasteiger partial charge is 0.494 e. The number of unbranched alkanes of at least 4 members (excludes halogenated alkanes) is 1. The van der Waals surface area contributed by atoms with Crippen molar-refractivity contribution in [1.82, 2.24) is 15.2 Å². The van der Waals surface area contributed by atoms with Gasteiger partial charge in [0.1, 0.15) is 5.75 Å². The predicted molar refractivity (Wildman–Crippen MR) is 179 cm³/mol. The lowest BCUT2D eigenvalue weighted by Gasteiger charge is -2.33. The third kappa shape index (κ3) is 11.3. The summed E-state index contributed by atoms with van der Waals surface area (Å²) in [7, 11) is 0.